The zero-order valence-corrected chi connectivity index (χ0v) is 10.4. The van der Waals surface area contributed by atoms with E-state index in [1.54, 1.807) is 12.1 Å². The number of alkyl halides is 3. The van der Waals surface area contributed by atoms with Crippen LogP contribution in [0.3, 0.4) is 0 Å². The van der Waals surface area contributed by atoms with Gasteiger partial charge in [0.2, 0.25) is 0 Å². The van der Waals surface area contributed by atoms with Crippen LogP contribution in [0.2, 0.25) is 0 Å². The van der Waals surface area contributed by atoms with E-state index in [2.05, 4.69) is 4.98 Å². The van der Waals surface area contributed by atoms with Crippen LogP contribution in [0, 0.1) is 0 Å². The van der Waals surface area contributed by atoms with Crippen LogP contribution in [0.4, 0.5) is 13.2 Å². The molecule has 0 amide bonds. The molecule has 0 unspecified atom stereocenters. The predicted molar refractivity (Wildman–Crippen MR) is 66.9 cm³/mol. The van der Waals surface area contributed by atoms with E-state index in [4.69, 9.17) is 5.73 Å². The van der Waals surface area contributed by atoms with E-state index in [-0.39, 0.29) is 13.1 Å². The third-order valence-corrected chi connectivity index (χ3v) is 2.77. The highest BCUT2D eigenvalue weighted by molar-refractivity contribution is 5.19. The SMILES string of the molecule is NCc1cc(Cn2c(C(F)(F)F)cccc2=O)ccn1. The van der Waals surface area contributed by atoms with Gasteiger partial charge >= 0.3 is 6.18 Å². The van der Waals surface area contributed by atoms with E-state index in [1.165, 1.54) is 6.20 Å². The molecule has 0 aromatic carbocycles. The molecule has 0 aliphatic carbocycles. The number of nitrogens with two attached hydrogens (primary N) is 1. The summed E-state index contributed by atoms with van der Waals surface area (Å²) in [6, 6.07) is 6.21. The molecule has 0 bridgehead atoms. The second-order valence-corrected chi connectivity index (χ2v) is 4.19. The molecule has 2 aromatic rings. The van der Waals surface area contributed by atoms with Gasteiger partial charge in [-0.25, -0.2) is 0 Å². The second-order valence-electron chi connectivity index (χ2n) is 4.19. The molecule has 20 heavy (non-hydrogen) atoms. The Labute approximate surface area is 112 Å². The van der Waals surface area contributed by atoms with Crippen molar-refractivity contribution in [3.63, 3.8) is 0 Å². The Hall–Kier alpha value is -2.15. The van der Waals surface area contributed by atoms with Gasteiger partial charge in [0.05, 0.1) is 12.2 Å². The van der Waals surface area contributed by atoms with Gasteiger partial charge in [0.25, 0.3) is 5.56 Å². The lowest BCUT2D eigenvalue weighted by atomic mass is 10.2. The van der Waals surface area contributed by atoms with Gasteiger partial charge in [0, 0.05) is 18.8 Å². The van der Waals surface area contributed by atoms with Gasteiger partial charge in [-0.2, -0.15) is 13.2 Å². The lowest BCUT2D eigenvalue weighted by Crippen LogP contribution is -2.27. The quantitative estimate of drug-likeness (QED) is 0.933. The Kier molecular flexibility index (Phi) is 3.89. The molecular weight excluding hydrogens is 271 g/mol. The van der Waals surface area contributed by atoms with Crippen molar-refractivity contribution in [3.05, 3.63) is 63.8 Å². The molecule has 106 valence electrons. The highest BCUT2D eigenvalue weighted by Crippen LogP contribution is 2.28. The van der Waals surface area contributed by atoms with Gasteiger partial charge < -0.3 is 5.73 Å². The zero-order chi connectivity index (χ0) is 14.8. The van der Waals surface area contributed by atoms with Gasteiger partial charge in [0.15, 0.2) is 0 Å². The summed E-state index contributed by atoms with van der Waals surface area (Å²) in [5.74, 6) is 0. The summed E-state index contributed by atoms with van der Waals surface area (Å²) in [5, 5.41) is 0. The van der Waals surface area contributed by atoms with Crippen LogP contribution in [0.15, 0.2) is 41.3 Å². The molecule has 2 heterocycles. The molecule has 7 heteroatoms. The second kappa shape index (κ2) is 5.46. The minimum absolute atomic E-state index is 0.177. The average Bonchev–Trinajstić information content (AvgIpc) is 2.40. The number of aromatic nitrogens is 2. The largest absolute Gasteiger partial charge is 0.431 e. The molecule has 2 rings (SSSR count). The van der Waals surface area contributed by atoms with Crippen molar-refractivity contribution >= 4 is 0 Å². The summed E-state index contributed by atoms with van der Waals surface area (Å²) in [4.78, 5) is 15.6. The summed E-state index contributed by atoms with van der Waals surface area (Å²) in [5.41, 5.74) is 4.85. The van der Waals surface area contributed by atoms with Crippen LogP contribution in [-0.2, 0) is 19.3 Å². The number of pyridine rings is 2. The third kappa shape index (κ3) is 3.05. The molecular formula is C13H12F3N3O. The lowest BCUT2D eigenvalue weighted by Gasteiger charge is -2.15. The Balaban J connectivity index is 2.45. The van der Waals surface area contributed by atoms with Crippen molar-refractivity contribution in [2.45, 2.75) is 19.3 Å². The Morgan fingerprint density at radius 2 is 2.00 bits per heavy atom. The maximum atomic E-state index is 12.9. The first-order chi connectivity index (χ1) is 9.41. The first-order valence-corrected chi connectivity index (χ1v) is 5.83. The summed E-state index contributed by atoms with van der Waals surface area (Å²) < 4.78 is 39.3. The number of hydrogen-bond donors (Lipinski definition) is 1. The molecule has 0 fully saturated rings. The minimum atomic E-state index is -4.58. The smallest absolute Gasteiger partial charge is 0.325 e. The van der Waals surface area contributed by atoms with Crippen LogP contribution in [0.5, 0.6) is 0 Å². The Bertz CT molecular complexity index is 664. The normalized spacial score (nSPS) is 11.6. The van der Waals surface area contributed by atoms with Gasteiger partial charge in [-0.3, -0.25) is 14.3 Å². The van der Waals surface area contributed by atoms with Gasteiger partial charge in [-0.1, -0.05) is 6.07 Å². The number of nitrogens with zero attached hydrogens (tertiary/aromatic N) is 2. The van der Waals surface area contributed by atoms with E-state index in [0.717, 1.165) is 18.2 Å². The van der Waals surface area contributed by atoms with Crippen molar-refractivity contribution in [1.82, 2.24) is 9.55 Å². The van der Waals surface area contributed by atoms with E-state index < -0.39 is 17.4 Å². The lowest BCUT2D eigenvalue weighted by molar-refractivity contribution is -0.144. The van der Waals surface area contributed by atoms with E-state index in [9.17, 15) is 18.0 Å². The summed E-state index contributed by atoms with van der Waals surface area (Å²) >= 11 is 0. The van der Waals surface area contributed by atoms with Crippen molar-refractivity contribution in [2.24, 2.45) is 5.73 Å². The van der Waals surface area contributed by atoms with Crippen LogP contribution in [0.1, 0.15) is 17.0 Å². The summed E-state index contributed by atoms with van der Waals surface area (Å²) in [7, 11) is 0. The van der Waals surface area contributed by atoms with Gasteiger partial charge in [-0.15, -0.1) is 0 Å². The zero-order valence-electron chi connectivity index (χ0n) is 10.4. The first kappa shape index (κ1) is 14.3. The van der Waals surface area contributed by atoms with Crippen molar-refractivity contribution in [3.8, 4) is 0 Å². The summed E-state index contributed by atoms with van der Waals surface area (Å²) in [6.07, 6.45) is -3.12. The third-order valence-electron chi connectivity index (χ3n) is 2.77. The fourth-order valence-electron chi connectivity index (χ4n) is 1.85. The number of hydrogen-bond acceptors (Lipinski definition) is 3. The molecule has 0 aliphatic heterocycles. The number of rotatable bonds is 3. The molecule has 0 radical (unpaired) electrons. The minimum Gasteiger partial charge on any atom is -0.325 e. The Morgan fingerprint density at radius 1 is 1.25 bits per heavy atom. The first-order valence-electron chi connectivity index (χ1n) is 5.83. The van der Waals surface area contributed by atoms with Crippen LogP contribution >= 0.6 is 0 Å². The molecule has 2 N–H and O–H groups in total. The monoisotopic (exact) mass is 283 g/mol. The van der Waals surface area contributed by atoms with Crippen molar-refractivity contribution in [1.29, 1.82) is 0 Å². The molecule has 0 saturated carbocycles. The van der Waals surface area contributed by atoms with Crippen LogP contribution < -0.4 is 11.3 Å². The summed E-state index contributed by atoms with van der Waals surface area (Å²) in [6.45, 7) is 0.00763. The van der Waals surface area contributed by atoms with Gasteiger partial charge in [0.1, 0.15) is 5.69 Å². The maximum absolute atomic E-state index is 12.9. The van der Waals surface area contributed by atoms with E-state index in [0.29, 0.717) is 15.8 Å². The topological polar surface area (TPSA) is 60.9 Å². The molecule has 0 atom stereocenters. The number of halogens is 3. The molecule has 0 spiro atoms. The fraction of sp³-hybridized carbons (Fsp3) is 0.231. The fourth-order valence-corrected chi connectivity index (χ4v) is 1.85. The molecule has 0 saturated heterocycles. The van der Waals surface area contributed by atoms with Crippen LogP contribution in [0.25, 0.3) is 0 Å². The highest BCUT2D eigenvalue weighted by atomic mass is 19.4. The molecule has 4 nitrogen and oxygen atoms in total. The van der Waals surface area contributed by atoms with E-state index in [1.807, 2.05) is 0 Å². The average molecular weight is 283 g/mol. The highest BCUT2D eigenvalue weighted by Gasteiger charge is 2.34. The van der Waals surface area contributed by atoms with Gasteiger partial charge in [-0.05, 0) is 23.8 Å². The predicted octanol–water partition coefficient (Wildman–Crippen LogP) is 1.77. The standard InChI is InChI=1S/C13H12F3N3O/c14-13(15,16)11-2-1-3-12(20)19(11)8-9-4-5-18-10(6-9)7-17/h1-6H,7-8,17H2. The maximum Gasteiger partial charge on any atom is 0.431 e. The van der Waals surface area contributed by atoms with E-state index >= 15 is 0 Å². The molecule has 0 aliphatic rings. The van der Waals surface area contributed by atoms with Crippen molar-refractivity contribution in [2.75, 3.05) is 0 Å². The Morgan fingerprint density at radius 3 is 2.65 bits per heavy atom. The van der Waals surface area contributed by atoms with Crippen molar-refractivity contribution < 1.29 is 13.2 Å². The molecule has 2 aromatic heterocycles. The van der Waals surface area contributed by atoms with Crippen LogP contribution in [-0.4, -0.2) is 9.55 Å².